The van der Waals surface area contributed by atoms with Crippen molar-refractivity contribution in [1.29, 1.82) is 0 Å². The Balaban J connectivity index is 1.47. The van der Waals surface area contributed by atoms with Crippen molar-refractivity contribution < 1.29 is 4.74 Å². The maximum atomic E-state index is 6.33. The number of rotatable bonds is 5. The fraction of sp³-hybridized carbons (Fsp3) is 0.250. The molecule has 2 heterocycles. The highest BCUT2D eigenvalue weighted by Gasteiger charge is 2.44. The number of benzene rings is 3. The Hall–Kier alpha value is -2.35. The van der Waals surface area contributed by atoms with Crippen molar-refractivity contribution in [2.75, 3.05) is 17.8 Å². The van der Waals surface area contributed by atoms with Crippen LogP contribution in [-0.2, 0) is 6.61 Å². The lowest BCUT2D eigenvalue weighted by Crippen LogP contribution is -2.24. The molecule has 0 spiro atoms. The first kappa shape index (κ1) is 17.7. The van der Waals surface area contributed by atoms with Gasteiger partial charge < -0.3 is 9.41 Å². The molecule has 4 heteroatoms. The van der Waals surface area contributed by atoms with Crippen molar-refractivity contribution in [3.63, 3.8) is 0 Å². The van der Waals surface area contributed by atoms with E-state index in [0.29, 0.717) is 12.6 Å². The van der Waals surface area contributed by atoms with Gasteiger partial charge >= 0.3 is 0 Å². The topological polar surface area (TPSA) is 15.7 Å². The predicted molar refractivity (Wildman–Crippen MR) is 117 cm³/mol. The van der Waals surface area contributed by atoms with Gasteiger partial charge in [0.05, 0.1) is 5.30 Å². The molecular formula is C24H25N2OP. The van der Waals surface area contributed by atoms with Crippen LogP contribution in [0, 0.1) is 0 Å². The van der Waals surface area contributed by atoms with Gasteiger partial charge in [-0.25, -0.2) is 0 Å². The molecule has 5 rings (SSSR count). The van der Waals surface area contributed by atoms with Gasteiger partial charge in [-0.1, -0.05) is 60.7 Å². The summed E-state index contributed by atoms with van der Waals surface area (Å²) in [6.07, 6.45) is 2.61. The van der Waals surface area contributed by atoms with Crippen molar-refractivity contribution >= 4 is 19.2 Å². The van der Waals surface area contributed by atoms with Crippen LogP contribution >= 0.6 is 8.22 Å². The number of nitrogens with zero attached hydrogens (tertiary/aromatic N) is 2. The SMILES string of the molecule is c1ccc(COc2ccccc2[P@@]2N(c3ccccc3)C[C@@H]3CCCN32)cc1. The quantitative estimate of drug-likeness (QED) is 0.560. The molecule has 0 aromatic heterocycles. The van der Waals surface area contributed by atoms with E-state index in [1.54, 1.807) is 0 Å². The first-order valence-electron chi connectivity index (χ1n) is 10.0. The first-order valence-corrected chi connectivity index (χ1v) is 11.3. The van der Waals surface area contributed by atoms with Gasteiger partial charge in [0.25, 0.3) is 0 Å². The molecular weight excluding hydrogens is 363 g/mol. The molecule has 3 aromatic carbocycles. The van der Waals surface area contributed by atoms with Crippen LogP contribution in [0.15, 0.2) is 84.9 Å². The average Bonchev–Trinajstić information content (AvgIpc) is 3.35. The van der Waals surface area contributed by atoms with Gasteiger partial charge in [0.15, 0.2) is 0 Å². The first-order chi connectivity index (χ1) is 13.9. The average molecular weight is 388 g/mol. The molecule has 2 saturated heterocycles. The van der Waals surface area contributed by atoms with Crippen molar-refractivity contribution in [3.05, 3.63) is 90.5 Å². The fourth-order valence-corrected chi connectivity index (χ4v) is 7.13. The molecule has 0 N–H and O–H groups in total. The molecule has 3 nitrogen and oxygen atoms in total. The molecule has 0 amide bonds. The summed E-state index contributed by atoms with van der Waals surface area (Å²) in [5, 5.41) is 1.33. The van der Waals surface area contributed by atoms with Gasteiger partial charge in [-0.2, -0.15) is 0 Å². The minimum Gasteiger partial charge on any atom is -0.488 e. The highest BCUT2D eigenvalue weighted by atomic mass is 31.1. The molecule has 28 heavy (non-hydrogen) atoms. The van der Waals surface area contributed by atoms with Gasteiger partial charge in [0.2, 0.25) is 0 Å². The summed E-state index contributed by atoms with van der Waals surface area (Å²) in [5.74, 6) is 1.02. The van der Waals surface area contributed by atoms with Crippen LogP contribution in [0.2, 0.25) is 0 Å². The Morgan fingerprint density at radius 3 is 2.39 bits per heavy atom. The number of hydrogen-bond acceptors (Lipinski definition) is 3. The third kappa shape index (κ3) is 3.41. The Morgan fingerprint density at radius 2 is 1.57 bits per heavy atom. The van der Waals surface area contributed by atoms with E-state index in [2.05, 4.69) is 88.2 Å². The minimum atomic E-state index is -0.580. The van der Waals surface area contributed by atoms with Crippen molar-refractivity contribution in [2.24, 2.45) is 0 Å². The van der Waals surface area contributed by atoms with E-state index in [1.807, 2.05) is 6.07 Å². The summed E-state index contributed by atoms with van der Waals surface area (Å²) in [6, 6.07) is 30.6. The number of anilines is 1. The second kappa shape index (κ2) is 7.95. The normalized spacial score (nSPS) is 21.6. The predicted octanol–water partition coefficient (Wildman–Crippen LogP) is 5.19. The lowest BCUT2D eigenvalue weighted by atomic mass is 10.2. The maximum Gasteiger partial charge on any atom is 0.130 e. The number of hydrogen-bond donors (Lipinski definition) is 0. The Kier molecular flexibility index (Phi) is 5.03. The van der Waals surface area contributed by atoms with Crippen molar-refractivity contribution in [1.82, 2.24) is 4.67 Å². The summed E-state index contributed by atoms with van der Waals surface area (Å²) < 4.78 is 11.7. The Labute approximate surface area is 168 Å². The largest absolute Gasteiger partial charge is 0.488 e. The second-order valence-electron chi connectivity index (χ2n) is 7.41. The summed E-state index contributed by atoms with van der Waals surface area (Å²) in [5.41, 5.74) is 2.52. The van der Waals surface area contributed by atoms with E-state index in [4.69, 9.17) is 4.74 Å². The van der Waals surface area contributed by atoms with E-state index >= 15 is 0 Å². The summed E-state index contributed by atoms with van der Waals surface area (Å²) in [4.78, 5) is 0. The summed E-state index contributed by atoms with van der Waals surface area (Å²) >= 11 is 0. The van der Waals surface area contributed by atoms with Gasteiger partial charge in [-0.05, 0) is 42.7 Å². The van der Waals surface area contributed by atoms with Gasteiger partial charge in [0, 0.05) is 24.8 Å². The molecule has 2 aliphatic rings. The van der Waals surface area contributed by atoms with E-state index in [1.165, 1.54) is 35.9 Å². The van der Waals surface area contributed by atoms with Gasteiger partial charge in [0.1, 0.15) is 20.6 Å². The lowest BCUT2D eigenvalue weighted by Gasteiger charge is -2.31. The number of ether oxygens (including phenoxy) is 1. The third-order valence-corrected chi connectivity index (χ3v) is 8.24. The molecule has 0 radical (unpaired) electrons. The molecule has 3 aromatic rings. The molecule has 0 bridgehead atoms. The van der Waals surface area contributed by atoms with E-state index in [9.17, 15) is 0 Å². The maximum absolute atomic E-state index is 6.33. The van der Waals surface area contributed by atoms with Crippen LogP contribution in [0.3, 0.4) is 0 Å². The van der Waals surface area contributed by atoms with Gasteiger partial charge in [-0.15, -0.1) is 0 Å². The molecule has 0 aliphatic carbocycles. The molecule has 0 unspecified atom stereocenters. The van der Waals surface area contributed by atoms with Crippen LogP contribution in [-0.4, -0.2) is 23.8 Å². The molecule has 142 valence electrons. The van der Waals surface area contributed by atoms with E-state index in [-0.39, 0.29) is 0 Å². The zero-order valence-corrected chi connectivity index (χ0v) is 16.8. The van der Waals surface area contributed by atoms with Crippen LogP contribution < -0.4 is 14.7 Å². The third-order valence-electron chi connectivity index (χ3n) is 5.57. The molecule has 2 atom stereocenters. The van der Waals surface area contributed by atoms with Crippen LogP contribution in [0.25, 0.3) is 0 Å². The monoisotopic (exact) mass is 388 g/mol. The van der Waals surface area contributed by atoms with Crippen LogP contribution in [0.1, 0.15) is 18.4 Å². The lowest BCUT2D eigenvalue weighted by molar-refractivity contribution is 0.308. The number of para-hydroxylation sites is 2. The standard InChI is InChI=1S/C24H25N2OP/c1-3-10-20(11-4-1)19-27-23-15-7-8-16-24(23)28-25-17-9-14-22(25)18-26(28)21-12-5-2-6-13-21/h1-8,10-13,15-16,22H,9,14,17-19H2/t22-,28+/m0/s1. The van der Waals surface area contributed by atoms with Crippen molar-refractivity contribution in [2.45, 2.75) is 25.5 Å². The van der Waals surface area contributed by atoms with E-state index < -0.39 is 8.22 Å². The minimum absolute atomic E-state index is 0.580. The molecule has 2 aliphatic heterocycles. The van der Waals surface area contributed by atoms with Gasteiger partial charge in [-0.3, -0.25) is 4.67 Å². The fourth-order valence-electron chi connectivity index (χ4n) is 4.23. The Bertz CT molecular complexity index is 918. The zero-order valence-electron chi connectivity index (χ0n) is 15.9. The van der Waals surface area contributed by atoms with Crippen LogP contribution in [0.4, 0.5) is 5.69 Å². The molecule has 2 fully saturated rings. The summed E-state index contributed by atoms with van der Waals surface area (Å²) in [7, 11) is -0.580. The smallest absolute Gasteiger partial charge is 0.130 e. The summed E-state index contributed by atoms with van der Waals surface area (Å²) in [6.45, 7) is 2.91. The van der Waals surface area contributed by atoms with E-state index in [0.717, 1.165) is 12.3 Å². The highest BCUT2D eigenvalue weighted by Crippen LogP contribution is 2.56. The highest BCUT2D eigenvalue weighted by molar-refractivity contribution is 7.65. The number of fused-ring (bicyclic) bond motifs is 1. The van der Waals surface area contributed by atoms with Crippen LogP contribution in [0.5, 0.6) is 5.75 Å². The molecule has 0 saturated carbocycles. The Morgan fingerprint density at radius 1 is 0.857 bits per heavy atom. The second-order valence-corrected chi connectivity index (χ2v) is 9.47. The van der Waals surface area contributed by atoms with Crippen molar-refractivity contribution in [3.8, 4) is 5.75 Å². The zero-order chi connectivity index (χ0) is 18.8.